The van der Waals surface area contributed by atoms with Gasteiger partial charge in [0.1, 0.15) is 11.0 Å². The highest BCUT2D eigenvalue weighted by Crippen LogP contribution is 2.26. The van der Waals surface area contributed by atoms with Gasteiger partial charge in [0.2, 0.25) is 0 Å². The van der Waals surface area contributed by atoms with Gasteiger partial charge >= 0.3 is 0 Å². The number of unbranched alkanes of at least 4 members (excludes halogenated alkanes) is 1. The van der Waals surface area contributed by atoms with Crippen LogP contribution in [0.5, 0.6) is 0 Å². The fourth-order valence-electron chi connectivity index (χ4n) is 2.24. The quantitative estimate of drug-likeness (QED) is 0.554. The van der Waals surface area contributed by atoms with Crippen LogP contribution in [0.4, 0.5) is 5.13 Å². The van der Waals surface area contributed by atoms with Crippen molar-refractivity contribution in [3.05, 3.63) is 10.6 Å². The summed E-state index contributed by atoms with van der Waals surface area (Å²) < 4.78 is 10.7. The summed E-state index contributed by atoms with van der Waals surface area (Å²) in [7, 11) is 0. The molecule has 1 aromatic heterocycles. The summed E-state index contributed by atoms with van der Waals surface area (Å²) in [6.45, 7) is 8.86. The molecule has 2 rings (SSSR count). The molecule has 1 saturated heterocycles. The van der Waals surface area contributed by atoms with E-state index < -0.39 is 6.10 Å². The van der Waals surface area contributed by atoms with Crippen molar-refractivity contribution in [2.45, 2.75) is 39.7 Å². The van der Waals surface area contributed by atoms with Gasteiger partial charge in [0, 0.05) is 19.7 Å². The van der Waals surface area contributed by atoms with Gasteiger partial charge in [-0.1, -0.05) is 24.7 Å². The number of carbonyl (C=O) groups excluding carboxylic acids is 2. The Kier molecular flexibility index (Phi) is 7.60. The molecule has 0 aliphatic carbocycles. The Morgan fingerprint density at radius 1 is 1.36 bits per heavy atom. The second-order valence-corrected chi connectivity index (χ2v) is 6.80. The van der Waals surface area contributed by atoms with E-state index in [-0.39, 0.29) is 11.8 Å². The second-order valence-electron chi connectivity index (χ2n) is 5.82. The van der Waals surface area contributed by atoms with Crippen LogP contribution < -0.4 is 15.8 Å². The number of aromatic nitrogens is 1. The van der Waals surface area contributed by atoms with Crippen LogP contribution in [0, 0.1) is 6.92 Å². The highest BCUT2D eigenvalue weighted by atomic mass is 32.1. The van der Waals surface area contributed by atoms with E-state index >= 15 is 0 Å². The largest absolute Gasteiger partial charge is 0.378 e. The first kappa shape index (κ1) is 19.6. The van der Waals surface area contributed by atoms with E-state index in [9.17, 15) is 9.59 Å². The van der Waals surface area contributed by atoms with Crippen molar-refractivity contribution in [2.75, 3.05) is 37.8 Å². The zero-order valence-electron chi connectivity index (χ0n) is 15.0. The number of nitrogens with zero attached hydrogens (tertiary/aromatic N) is 2. The highest BCUT2D eigenvalue weighted by Gasteiger charge is 2.21. The Hall–Kier alpha value is -1.71. The molecular weight excluding hydrogens is 344 g/mol. The van der Waals surface area contributed by atoms with Crippen LogP contribution >= 0.6 is 11.3 Å². The number of anilines is 1. The number of morpholine rings is 1. The van der Waals surface area contributed by atoms with Crippen molar-refractivity contribution >= 4 is 28.3 Å². The number of nitrogens with one attached hydrogen (secondary N) is 2. The van der Waals surface area contributed by atoms with E-state index in [1.54, 1.807) is 13.8 Å². The second kappa shape index (κ2) is 9.69. The van der Waals surface area contributed by atoms with Crippen molar-refractivity contribution in [1.82, 2.24) is 15.8 Å². The summed E-state index contributed by atoms with van der Waals surface area (Å²) >= 11 is 1.32. The molecule has 2 amide bonds. The molecule has 1 aliphatic heterocycles. The summed E-state index contributed by atoms with van der Waals surface area (Å²) in [5, 5.41) is 0.800. The van der Waals surface area contributed by atoms with E-state index in [2.05, 4.69) is 27.7 Å². The van der Waals surface area contributed by atoms with Gasteiger partial charge in [0.25, 0.3) is 11.8 Å². The Labute approximate surface area is 151 Å². The van der Waals surface area contributed by atoms with Crippen molar-refractivity contribution < 1.29 is 19.1 Å². The smallest absolute Gasteiger partial charge is 0.281 e. The lowest BCUT2D eigenvalue weighted by molar-refractivity contribution is -0.132. The summed E-state index contributed by atoms with van der Waals surface area (Å²) in [6.07, 6.45) is 1.29. The molecule has 2 N–H and O–H groups in total. The molecule has 0 unspecified atom stereocenters. The molecule has 8 nitrogen and oxygen atoms in total. The Morgan fingerprint density at radius 3 is 2.76 bits per heavy atom. The first-order valence-corrected chi connectivity index (χ1v) is 9.36. The van der Waals surface area contributed by atoms with Crippen LogP contribution in [-0.4, -0.2) is 55.8 Å². The third-order valence-corrected chi connectivity index (χ3v) is 5.02. The molecule has 25 heavy (non-hydrogen) atoms. The van der Waals surface area contributed by atoms with E-state index in [1.807, 2.05) is 0 Å². The number of ether oxygens (including phenoxy) is 2. The van der Waals surface area contributed by atoms with Crippen LogP contribution in [0.1, 0.15) is 42.1 Å². The number of aryl methyl sites for hydroxylation is 1. The van der Waals surface area contributed by atoms with E-state index in [4.69, 9.17) is 9.47 Å². The normalized spacial score (nSPS) is 15.7. The molecule has 140 valence electrons. The highest BCUT2D eigenvalue weighted by molar-refractivity contribution is 7.17. The minimum absolute atomic E-state index is 0.372. The Balaban J connectivity index is 1.86. The molecule has 0 aromatic carbocycles. The zero-order chi connectivity index (χ0) is 18.2. The lowest BCUT2D eigenvalue weighted by Crippen LogP contribution is -2.46. The van der Waals surface area contributed by atoms with Crippen LogP contribution in [0.25, 0.3) is 0 Å². The standard InChI is InChI=1S/C16H26N4O4S/c1-4-5-8-24-12(3)14(21)18-19-15(22)13-11(2)17-16(25-13)20-6-9-23-10-7-20/h12H,4-10H2,1-3H3,(H,18,21)(H,19,22)/t12-/m0/s1. The number of hydrogen-bond acceptors (Lipinski definition) is 7. The van der Waals surface area contributed by atoms with E-state index in [0.29, 0.717) is 30.4 Å². The molecule has 0 radical (unpaired) electrons. The molecule has 1 atom stereocenters. The molecule has 0 spiro atoms. The number of thiazole rings is 1. The van der Waals surface area contributed by atoms with Crippen LogP contribution in [0.15, 0.2) is 0 Å². The summed E-state index contributed by atoms with van der Waals surface area (Å²) in [5.41, 5.74) is 5.49. The monoisotopic (exact) mass is 370 g/mol. The molecule has 1 aromatic rings. The molecule has 0 saturated carbocycles. The van der Waals surface area contributed by atoms with Gasteiger partial charge in [-0.05, 0) is 20.3 Å². The maximum atomic E-state index is 12.3. The summed E-state index contributed by atoms with van der Waals surface area (Å²) in [4.78, 5) is 31.3. The first-order valence-electron chi connectivity index (χ1n) is 8.54. The van der Waals surface area contributed by atoms with Crippen LogP contribution in [0.2, 0.25) is 0 Å². The molecule has 1 fully saturated rings. The average Bonchev–Trinajstić information content (AvgIpc) is 3.02. The van der Waals surface area contributed by atoms with Crippen molar-refractivity contribution in [3.8, 4) is 0 Å². The third kappa shape index (κ3) is 5.65. The lowest BCUT2D eigenvalue weighted by Gasteiger charge is -2.25. The molecule has 1 aliphatic rings. The number of hydrazine groups is 1. The minimum atomic E-state index is -0.613. The van der Waals surface area contributed by atoms with Crippen molar-refractivity contribution in [1.29, 1.82) is 0 Å². The Morgan fingerprint density at radius 2 is 2.08 bits per heavy atom. The predicted molar refractivity (Wildman–Crippen MR) is 95.8 cm³/mol. The molecular formula is C16H26N4O4S. The average molecular weight is 370 g/mol. The molecule has 2 heterocycles. The topological polar surface area (TPSA) is 92.8 Å². The van der Waals surface area contributed by atoms with Crippen LogP contribution in [-0.2, 0) is 14.3 Å². The first-order chi connectivity index (χ1) is 12.0. The minimum Gasteiger partial charge on any atom is -0.378 e. The maximum absolute atomic E-state index is 12.3. The zero-order valence-corrected chi connectivity index (χ0v) is 15.8. The van der Waals surface area contributed by atoms with Gasteiger partial charge in [-0.25, -0.2) is 4.98 Å². The number of carbonyl (C=O) groups is 2. The van der Waals surface area contributed by atoms with Gasteiger partial charge in [-0.2, -0.15) is 0 Å². The SMILES string of the molecule is CCCCO[C@@H](C)C(=O)NNC(=O)c1sc(N2CCOCC2)nc1C. The molecule has 9 heteroatoms. The van der Waals surface area contributed by atoms with Crippen LogP contribution in [0.3, 0.4) is 0 Å². The third-order valence-electron chi connectivity index (χ3n) is 3.81. The lowest BCUT2D eigenvalue weighted by atomic mass is 10.3. The van der Waals surface area contributed by atoms with Gasteiger partial charge in [-0.15, -0.1) is 0 Å². The summed E-state index contributed by atoms with van der Waals surface area (Å²) in [6, 6.07) is 0. The van der Waals surface area contributed by atoms with Gasteiger partial charge in [0.05, 0.1) is 18.9 Å². The van der Waals surface area contributed by atoms with E-state index in [1.165, 1.54) is 11.3 Å². The number of amides is 2. The van der Waals surface area contributed by atoms with E-state index in [0.717, 1.165) is 31.1 Å². The maximum Gasteiger partial charge on any atom is 0.281 e. The fraction of sp³-hybridized carbons (Fsp3) is 0.688. The fourth-order valence-corrected chi connectivity index (χ4v) is 3.25. The number of hydrogen-bond donors (Lipinski definition) is 2. The van der Waals surface area contributed by atoms with Gasteiger partial charge in [0.15, 0.2) is 5.13 Å². The number of rotatable bonds is 7. The van der Waals surface area contributed by atoms with Gasteiger partial charge in [-0.3, -0.25) is 20.4 Å². The summed E-state index contributed by atoms with van der Waals surface area (Å²) in [5.74, 6) is -0.747. The van der Waals surface area contributed by atoms with Crippen molar-refractivity contribution in [3.63, 3.8) is 0 Å². The predicted octanol–water partition coefficient (Wildman–Crippen LogP) is 1.25. The van der Waals surface area contributed by atoms with Gasteiger partial charge < -0.3 is 14.4 Å². The van der Waals surface area contributed by atoms with Crippen molar-refractivity contribution in [2.24, 2.45) is 0 Å². The Bertz CT molecular complexity index is 587. The molecule has 0 bridgehead atoms.